The van der Waals surface area contributed by atoms with Crippen LogP contribution in [0, 0.1) is 0 Å². The number of ether oxygens (including phenoxy) is 1. The van der Waals surface area contributed by atoms with Crippen LogP contribution in [0.25, 0.3) is 0 Å². The summed E-state index contributed by atoms with van der Waals surface area (Å²) in [6.07, 6.45) is 0.182. The van der Waals surface area contributed by atoms with Crippen LogP contribution in [0.1, 0.15) is 53.0 Å². The summed E-state index contributed by atoms with van der Waals surface area (Å²) in [7, 11) is 0. The van der Waals surface area contributed by atoms with Gasteiger partial charge in [0.25, 0.3) is 0 Å². The van der Waals surface area contributed by atoms with Crippen molar-refractivity contribution in [3.8, 4) is 0 Å². The van der Waals surface area contributed by atoms with Crippen molar-refractivity contribution in [3.63, 3.8) is 0 Å². The van der Waals surface area contributed by atoms with Crippen molar-refractivity contribution in [1.29, 1.82) is 0 Å². The van der Waals surface area contributed by atoms with Gasteiger partial charge in [0.1, 0.15) is 13.0 Å². The van der Waals surface area contributed by atoms with Crippen molar-refractivity contribution in [3.05, 3.63) is 35.9 Å². The molecular weight excluding hydrogens is 320 g/mol. The third-order valence-electron chi connectivity index (χ3n) is 3.42. The second kappa shape index (κ2) is 8.65. The molecule has 25 heavy (non-hydrogen) atoms. The minimum atomic E-state index is -0.581. The van der Waals surface area contributed by atoms with Crippen LogP contribution in [0.3, 0.4) is 0 Å². The zero-order valence-corrected chi connectivity index (χ0v) is 15.6. The Morgan fingerprint density at radius 1 is 0.960 bits per heavy atom. The molecule has 1 aromatic carbocycles. The molecule has 0 atom stereocenters. The van der Waals surface area contributed by atoms with Crippen LogP contribution in [0.2, 0.25) is 0 Å². The maximum absolute atomic E-state index is 12.1. The van der Waals surface area contributed by atoms with E-state index in [4.69, 9.17) is 4.74 Å². The van der Waals surface area contributed by atoms with Crippen molar-refractivity contribution in [2.24, 2.45) is 0 Å². The van der Waals surface area contributed by atoms with Gasteiger partial charge in [0.2, 0.25) is 11.8 Å². The maximum atomic E-state index is 12.1. The molecule has 6 heteroatoms. The summed E-state index contributed by atoms with van der Waals surface area (Å²) >= 11 is 0. The Labute approximate surface area is 149 Å². The average Bonchev–Trinajstić information content (AvgIpc) is 2.42. The lowest BCUT2D eigenvalue weighted by molar-refractivity contribution is -0.147. The molecule has 0 saturated heterocycles. The Morgan fingerprint density at radius 3 is 2.08 bits per heavy atom. The number of carbonyl (C=O) groups is 3. The minimum Gasteiger partial charge on any atom is -0.460 e. The largest absolute Gasteiger partial charge is 0.460 e. The van der Waals surface area contributed by atoms with Gasteiger partial charge in [-0.25, -0.2) is 0 Å². The van der Waals surface area contributed by atoms with Gasteiger partial charge >= 0.3 is 5.97 Å². The molecule has 0 saturated carbocycles. The molecular formula is C19H28N2O4. The van der Waals surface area contributed by atoms with Crippen molar-refractivity contribution >= 4 is 17.8 Å². The van der Waals surface area contributed by atoms with Crippen molar-refractivity contribution in [2.45, 2.75) is 65.1 Å². The van der Waals surface area contributed by atoms with Crippen LogP contribution in [-0.4, -0.2) is 28.9 Å². The highest BCUT2D eigenvalue weighted by Crippen LogP contribution is 2.20. The first kappa shape index (κ1) is 20.7. The number of esters is 1. The van der Waals surface area contributed by atoms with Gasteiger partial charge < -0.3 is 15.4 Å². The fourth-order valence-corrected chi connectivity index (χ4v) is 3.01. The number of amides is 2. The van der Waals surface area contributed by atoms with Crippen molar-refractivity contribution in [1.82, 2.24) is 10.6 Å². The molecule has 0 aliphatic carbocycles. The normalized spacial score (nSPS) is 11.6. The lowest BCUT2D eigenvalue weighted by Gasteiger charge is -2.36. The maximum Gasteiger partial charge on any atom is 0.315 e. The fourth-order valence-electron chi connectivity index (χ4n) is 3.01. The molecule has 0 heterocycles. The van der Waals surface area contributed by atoms with Crippen LogP contribution in [-0.2, 0) is 25.7 Å². The highest BCUT2D eigenvalue weighted by Gasteiger charge is 2.31. The van der Waals surface area contributed by atoms with E-state index in [0.717, 1.165) is 5.56 Å². The predicted molar refractivity (Wildman–Crippen MR) is 95.6 cm³/mol. The number of nitrogens with one attached hydrogen (secondary N) is 2. The Bertz CT molecular complexity index is 609. The highest BCUT2D eigenvalue weighted by molar-refractivity contribution is 5.94. The second-order valence-electron chi connectivity index (χ2n) is 7.50. The van der Waals surface area contributed by atoms with Gasteiger partial charge in [0, 0.05) is 18.0 Å². The van der Waals surface area contributed by atoms with Gasteiger partial charge in [-0.1, -0.05) is 30.3 Å². The Kier molecular flexibility index (Phi) is 7.15. The fraction of sp³-hybridized carbons (Fsp3) is 0.526. The molecule has 0 radical (unpaired) electrons. The van der Waals surface area contributed by atoms with Crippen LogP contribution in [0.4, 0.5) is 0 Å². The summed E-state index contributed by atoms with van der Waals surface area (Å²) in [5.41, 5.74) is -0.187. The van der Waals surface area contributed by atoms with Gasteiger partial charge in [-0.15, -0.1) is 0 Å². The van der Waals surface area contributed by atoms with Gasteiger partial charge in [0.05, 0.1) is 0 Å². The third-order valence-corrected chi connectivity index (χ3v) is 3.42. The first-order chi connectivity index (χ1) is 11.5. The minimum absolute atomic E-state index is 0.128. The lowest BCUT2D eigenvalue weighted by atomic mass is 9.86. The zero-order chi connectivity index (χ0) is 19.1. The molecule has 138 valence electrons. The average molecular weight is 348 g/mol. The number of hydrogen-bond acceptors (Lipinski definition) is 4. The molecule has 6 nitrogen and oxygen atoms in total. The number of carbonyl (C=O) groups excluding carboxylic acids is 3. The van der Waals surface area contributed by atoms with E-state index in [-0.39, 0.29) is 18.9 Å². The molecule has 1 aromatic rings. The standard InChI is InChI=1S/C19H28N2O4/c1-14(22)20-18(2,3)13-19(4,5)21-16(23)11-17(24)25-12-15-9-7-6-8-10-15/h6-10H,11-13H2,1-5H3,(H,20,22)(H,21,23). The summed E-state index contributed by atoms with van der Waals surface area (Å²) < 4.78 is 5.11. The molecule has 2 N–H and O–H groups in total. The lowest BCUT2D eigenvalue weighted by Crippen LogP contribution is -2.53. The van der Waals surface area contributed by atoms with E-state index in [0.29, 0.717) is 6.42 Å². The van der Waals surface area contributed by atoms with E-state index in [1.165, 1.54) is 6.92 Å². The molecule has 2 amide bonds. The summed E-state index contributed by atoms with van der Waals surface area (Å²) in [6, 6.07) is 9.29. The van der Waals surface area contributed by atoms with Gasteiger partial charge in [-0.3, -0.25) is 14.4 Å². The smallest absolute Gasteiger partial charge is 0.315 e. The van der Waals surface area contributed by atoms with Crippen LogP contribution in [0.5, 0.6) is 0 Å². The highest BCUT2D eigenvalue weighted by atomic mass is 16.5. The van der Waals surface area contributed by atoms with E-state index in [1.807, 2.05) is 58.0 Å². The van der Waals surface area contributed by atoms with E-state index < -0.39 is 23.0 Å². The number of benzene rings is 1. The van der Waals surface area contributed by atoms with Crippen LogP contribution < -0.4 is 10.6 Å². The van der Waals surface area contributed by atoms with Crippen molar-refractivity contribution in [2.75, 3.05) is 0 Å². The van der Waals surface area contributed by atoms with Crippen LogP contribution in [0.15, 0.2) is 30.3 Å². The zero-order valence-electron chi connectivity index (χ0n) is 15.6. The quantitative estimate of drug-likeness (QED) is 0.558. The SMILES string of the molecule is CC(=O)NC(C)(C)CC(C)(C)NC(=O)CC(=O)OCc1ccccc1. The summed E-state index contributed by atoms with van der Waals surface area (Å²) in [5, 5.41) is 5.67. The van der Waals surface area contributed by atoms with E-state index in [1.54, 1.807) is 0 Å². The van der Waals surface area contributed by atoms with Gasteiger partial charge in [-0.05, 0) is 39.7 Å². The molecule has 0 spiro atoms. The summed E-state index contributed by atoms with van der Waals surface area (Å²) in [4.78, 5) is 35.1. The van der Waals surface area contributed by atoms with Crippen molar-refractivity contribution < 1.29 is 19.1 Å². The topological polar surface area (TPSA) is 84.5 Å². The Hall–Kier alpha value is -2.37. The number of rotatable bonds is 8. The molecule has 0 aliphatic rings. The number of hydrogen-bond donors (Lipinski definition) is 2. The Morgan fingerprint density at radius 2 is 1.52 bits per heavy atom. The monoisotopic (exact) mass is 348 g/mol. The van der Waals surface area contributed by atoms with Crippen LogP contribution >= 0.6 is 0 Å². The van der Waals surface area contributed by atoms with E-state index >= 15 is 0 Å². The molecule has 0 unspecified atom stereocenters. The molecule has 0 bridgehead atoms. The third kappa shape index (κ3) is 8.88. The Balaban J connectivity index is 2.45. The molecule has 1 rings (SSSR count). The summed E-state index contributed by atoms with van der Waals surface area (Å²) in [6.45, 7) is 9.07. The van der Waals surface area contributed by atoms with Gasteiger partial charge in [0.15, 0.2) is 0 Å². The molecule has 0 aromatic heterocycles. The molecule has 0 fully saturated rings. The predicted octanol–water partition coefficient (Wildman–Crippen LogP) is 2.32. The first-order valence-electron chi connectivity index (χ1n) is 8.28. The van der Waals surface area contributed by atoms with E-state index in [9.17, 15) is 14.4 Å². The first-order valence-corrected chi connectivity index (χ1v) is 8.28. The molecule has 0 aliphatic heterocycles. The second-order valence-corrected chi connectivity index (χ2v) is 7.50. The van der Waals surface area contributed by atoms with E-state index in [2.05, 4.69) is 10.6 Å². The van der Waals surface area contributed by atoms with Gasteiger partial charge in [-0.2, -0.15) is 0 Å². The summed E-state index contributed by atoms with van der Waals surface area (Å²) in [5.74, 6) is -1.10.